The van der Waals surface area contributed by atoms with Crippen LogP contribution in [0.5, 0.6) is 0 Å². The van der Waals surface area contributed by atoms with Crippen molar-refractivity contribution in [3.8, 4) is 0 Å². The monoisotopic (exact) mass is 339 g/mol. The number of furan rings is 1. The molecular weight excluding hydrogens is 322 g/mol. The number of esters is 1. The summed E-state index contributed by atoms with van der Waals surface area (Å²) in [6, 6.07) is 11.5. The number of methoxy groups -OCH3 is 1. The van der Waals surface area contributed by atoms with Crippen LogP contribution >= 0.6 is 0 Å². The molecule has 0 unspecified atom stereocenters. The van der Waals surface area contributed by atoms with E-state index in [-0.39, 0.29) is 11.9 Å². The van der Waals surface area contributed by atoms with E-state index < -0.39 is 5.97 Å². The number of amides is 1. The first-order valence-corrected chi connectivity index (χ1v) is 7.68. The van der Waals surface area contributed by atoms with E-state index in [4.69, 9.17) is 4.42 Å². The molecule has 2 heterocycles. The molecule has 1 atom stereocenters. The third kappa shape index (κ3) is 3.77. The fourth-order valence-corrected chi connectivity index (χ4v) is 2.44. The molecule has 7 heteroatoms. The summed E-state index contributed by atoms with van der Waals surface area (Å²) in [5.41, 5.74) is 0.843. The fraction of sp³-hybridized carbons (Fsp3) is 0.167. The van der Waals surface area contributed by atoms with Crippen LogP contribution < -0.4 is 5.32 Å². The van der Waals surface area contributed by atoms with Crippen LogP contribution in [0.15, 0.2) is 65.5 Å². The second kappa shape index (κ2) is 7.48. The summed E-state index contributed by atoms with van der Waals surface area (Å²) in [7, 11) is 1.31. The van der Waals surface area contributed by atoms with Gasteiger partial charge < -0.3 is 14.5 Å². The molecule has 1 amide bonds. The maximum atomic E-state index is 12.4. The molecule has 2 aromatic heterocycles. The Kier molecular flexibility index (Phi) is 4.94. The van der Waals surface area contributed by atoms with Gasteiger partial charge in [0.05, 0.1) is 18.9 Å². The molecule has 128 valence electrons. The van der Waals surface area contributed by atoms with Gasteiger partial charge in [-0.25, -0.2) is 4.79 Å². The fourth-order valence-electron chi connectivity index (χ4n) is 2.44. The second-order valence-electron chi connectivity index (χ2n) is 5.30. The number of nitrogens with zero attached hydrogens (tertiary/aromatic N) is 2. The average Bonchev–Trinajstić information content (AvgIpc) is 3.35. The van der Waals surface area contributed by atoms with E-state index in [0.717, 1.165) is 0 Å². The molecule has 0 aliphatic rings. The zero-order chi connectivity index (χ0) is 17.6. The number of carbonyl (C=O) groups excluding carboxylic acids is 2. The van der Waals surface area contributed by atoms with Crippen molar-refractivity contribution in [1.82, 2.24) is 15.1 Å². The SMILES string of the molecule is COC(=O)c1ccc(C(=O)NC[C@H](c2ccco2)n2cccn2)cc1. The number of nitrogens with one attached hydrogen (secondary N) is 1. The Morgan fingerprint density at radius 1 is 1.20 bits per heavy atom. The predicted molar refractivity (Wildman–Crippen MR) is 89.2 cm³/mol. The Labute approximate surface area is 144 Å². The molecule has 0 aliphatic carbocycles. The maximum Gasteiger partial charge on any atom is 0.337 e. The summed E-state index contributed by atoms with van der Waals surface area (Å²) in [4.78, 5) is 23.8. The lowest BCUT2D eigenvalue weighted by Gasteiger charge is -2.16. The third-order valence-corrected chi connectivity index (χ3v) is 3.74. The van der Waals surface area contributed by atoms with Crippen molar-refractivity contribution in [3.05, 3.63) is 78.0 Å². The van der Waals surface area contributed by atoms with Crippen LogP contribution in [0.3, 0.4) is 0 Å². The van der Waals surface area contributed by atoms with Crippen molar-refractivity contribution in [3.63, 3.8) is 0 Å². The molecule has 0 aliphatic heterocycles. The zero-order valence-electron chi connectivity index (χ0n) is 13.6. The van der Waals surface area contributed by atoms with Crippen molar-refractivity contribution >= 4 is 11.9 Å². The lowest BCUT2D eigenvalue weighted by atomic mass is 10.1. The molecule has 7 nitrogen and oxygen atoms in total. The minimum atomic E-state index is -0.441. The molecule has 0 spiro atoms. The van der Waals surface area contributed by atoms with Gasteiger partial charge in [0.25, 0.3) is 5.91 Å². The molecule has 3 aromatic rings. The number of rotatable bonds is 6. The first kappa shape index (κ1) is 16.5. The van der Waals surface area contributed by atoms with Gasteiger partial charge in [-0.05, 0) is 42.5 Å². The number of carbonyl (C=O) groups is 2. The standard InChI is InChI=1S/C18H17N3O4/c1-24-18(23)14-7-5-13(6-8-14)17(22)19-12-15(16-4-2-11-25-16)21-10-3-9-20-21/h2-11,15H,12H2,1H3,(H,19,22)/t15-/m1/s1. The van der Waals surface area contributed by atoms with Crippen LogP contribution in [0.1, 0.15) is 32.5 Å². The van der Waals surface area contributed by atoms with Gasteiger partial charge in [0.1, 0.15) is 11.8 Å². The van der Waals surface area contributed by atoms with Crippen molar-refractivity contribution in [2.24, 2.45) is 0 Å². The number of benzene rings is 1. The van der Waals surface area contributed by atoms with Gasteiger partial charge in [-0.3, -0.25) is 9.48 Å². The normalized spacial score (nSPS) is 11.7. The highest BCUT2D eigenvalue weighted by Crippen LogP contribution is 2.17. The Bertz CT molecular complexity index is 790. The second-order valence-corrected chi connectivity index (χ2v) is 5.30. The van der Waals surface area contributed by atoms with Crippen molar-refractivity contribution in [2.75, 3.05) is 13.7 Å². The van der Waals surface area contributed by atoms with E-state index in [0.29, 0.717) is 23.4 Å². The molecule has 3 rings (SSSR count). The predicted octanol–water partition coefficient (Wildman–Crippen LogP) is 2.28. The summed E-state index contributed by atoms with van der Waals surface area (Å²) < 4.78 is 11.8. The number of hydrogen-bond acceptors (Lipinski definition) is 5. The molecule has 1 aromatic carbocycles. The first-order chi connectivity index (χ1) is 12.2. The van der Waals surface area contributed by atoms with Crippen molar-refractivity contribution in [1.29, 1.82) is 0 Å². The Hall–Kier alpha value is -3.35. The average molecular weight is 339 g/mol. The van der Waals surface area contributed by atoms with Crippen LogP contribution in [0.25, 0.3) is 0 Å². The van der Waals surface area contributed by atoms with Gasteiger partial charge in [0.2, 0.25) is 0 Å². The lowest BCUT2D eigenvalue weighted by Crippen LogP contribution is -2.31. The topological polar surface area (TPSA) is 86.4 Å². The molecule has 0 saturated carbocycles. The van der Waals surface area contributed by atoms with E-state index in [1.807, 2.05) is 18.3 Å². The number of ether oxygens (including phenoxy) is 1. The van der Waals surface area contributed by atoms with Crippen molar-refractivity contribution in [2.45, 2.75) is 6.04 Å². The van der Waals surface area contributed by atoms with Gasteiger partial charge in [-0.2, -0.15) is 5.10 Å². The third-order valence-electron chi connectivity index (χ3n) is 3.74. The highest BCUT2D eigenvalue weighted by molar-refractivity contribution is 5.96. The summed E-state index contributed by atoms with van der Waals surface area (Å²) in [5.74, 6) is 0.00805. The van der Waals surface area contributed by atoms with E-state index >= 15 is 0 Å². The summed E-state index contributed by atoms with van der Waals surface area (Å²) in [6.45, 7) is 0.312. The molecule has 0 bridgehead atoms. The highest BCUT2D eigenvalue weighted by Gasteiger charge is 2.18. The summed E-state index contributed by atoms with van der Waals surface area (Å²) >= 11 is 0. The largest absolute Gasteiger partial charge is 0.467 e. The Balaban J connectivity index is 1.69. The maximum absolute atomic E-state index is 12.4. The Morgan fingerprint density at radius 3 is 2.56 bits per heavy atom. The van der Waals surface area contributed by atoms with Crippen LogP contribution in [0.4, 0.5) is 0 Å². The van der Waals surface area contributed by atoms with E-state index in [9.17, 15) is 9.59 Å². The van der Waals surface area contributed by atoms with Gasteiger partial charge in [0, 0.05) is 24.5 Å². The molecule has 1 N–H and O–H groups in total. The summed E-state index contributed by atoms with van der Waals surface area (Å²) in [5, 5.41) is 7.08. The molecule has 0 fully saturated rings. The van der Waals surface area contributed by atoms with Crippen LogP contribution in [-0.2, 0) is 4.74 Å². The van der Waals surface area contributed by atoms with Gasteiger partial charge >= 0.3 is 5.97 Å². The van der Waals surface area contributed by atoms with Gasteiger partial charge in [-0.1, -0.05) is 0 Å². The van der Waals surface area contributed by atoms with Gasteiger partial charge in [0.15, 0.2) is 0 Å². The lowest BCUT2D eigenvalue weighted by molar-refractivity contribution is 0.0600. The minimum Gasteiger partial charge on any atom is -0.467 e. The molecule has 0 radical (unpaired) electrons. The zero-order valence-corrected chi connectivity index (χ0v) is 13.6. The molecular formula is C18H17N3O4. The number of aromatic nitrogens is 2. The Morgan fingerprint density at radius 2 is 1.96 bits per heavy atom. The minimum absolute atomic E-state index is 0.247. The van der Waals surface area contributed by atoms with Crippen molar-refractivity contribution < 1.29 is 18.7 Å². The number of hydrogen-bond donors (Lipinski definition) is 1. The molecule has 25 heavy (non-hydrogen) atoms. The summed E-state index contributed by atoms with van der Waals surface area (Å²) in [6.07, 6.45) is 5.06. The van der Waals surface area contributed by atoms with Gasteiger partial charge in [-0.15, -0.1) is 0 Å². The smallest absolute Gasteiger partial charge is 0.337 e. The highest BCUT2D eigenvalue weighted by atomic mass is 16.5. The van der Waals surface area contributed by atoms with Crippen LogP contribution in [0.2, 0.25) is 0 Å². The molecule has 0 saturated heterocycles. The van der Waals surface area contributed by atoms with E-state index in [2.05, 4.69) is 15.2 Å². The first-order valence-electron chi connectivity index (χ1n) is 7.68. The van der Waals surface area contributed by atoms with E-state index in [1.165, 1.54) is 7.11 Å². The quantitative estimate of drug-likeness (QED) is 0.696. The van der Waals surface area contributed by atoms with E-state index in [1.54, 1.807) is 47.5 Å². The van der Waals surface area contributed by atoms with Crippen LogP contribution in [-0.4, -0.2) is 35.3 Å². The van der Waals surface area contributed by atoms with Crippen LogP contribution in [0, 0.1) is 0 Å².